The highest BCUT2D eigenvalue weighted by Gasteiger charge is 2.41. The van der Waals surface area contributed by atoms with Crippen molar-refractivity contribution in [2.24, 2.45) is 17.3 Å². The molecule has 136 valence electrons. The zero-order valence-corrected chi connectivity index (χ0v) is 16.5. The van der Waals surface area contributed by atoms with Crippen LogP contribution in [-0.2, 0) is 9.47 Å². The Hall–Kier alpha value is -0.0800. The van der Waals surface area contributed by atoms with Crippen LogP contribution in [0.4, 0.5) is 0 Å². The van der Waals surface area contributed by atoms with Gasteiger partial charge in [-0.3, -0.25) is 0 Å². The largest absolute Gasteiger partial charge is 0.381 e. The van der Waals surface area contributed by atoms with Gasteiger partial charge in [0.2, 0.25) is 0 Å². The second-order valence-electron chi connectivity index (χ2n) is 9.24. The molecule has 2 aliphatic carbocycles. The van der Waals surface area contributed by atoms with Crippen LogP contribution in [0.1, 0.15) is 92.4 Å². The van der Waals surface area contributed by atoms with Crippen molar-refractivity contribution in [3.05, 3.63) is 0 Å². The molecule has 2 heteroatoms. The number of hydrogen-bond donors (Lipinski definition) is 0. The van der Waals surface area contributed by atoms with E-state index >= 15 is 0 Å². The summed E-state index contributed by atoms with van der Waals surface area (Å²) in [5, 5.41) is 0. The van der Waals surface area contributed by atoms with E-state index in [2.05, 4.69) is 34.6 Å². The zero-order valence-electron chi connectivity index (χ0n) is 16.5. The SMILES string of the molecule is CCC(C)(C)OC1CCC(C(C)(C)C2CCC(OC)CC2)CC1. The van der Waals surface area contributed by atoms with Crippen LogP contribution in [0.5, 0.6) is 0 Å². The van der Waals surface area contributed by atoms with Crippen LogP contribution in [-0.4, -0.2) is 24.9 Å². The number of rotatable bonds is 6. The van der Waals surface area contributed by atoms with Gasteiger partial charge in [-0.1, -0.05) is 20.8 Å². The zero-order chi connectivity index (χ0) is 17.1. The van der Waals surface area contributed by atoms with E-state index in [0.29, 0.717) is 17.6 Å². The predicted molar refractivity (Wildman–Crippen MR) is 97.7 cm³/mol. The minimum Gasteiger partial charge on any atom is -0.381 e. The third-order valence-corrected chi connectivity index (χ3v) is 7.12. The molecule has 0 spiro atoms. The predicted octanol–water partition coefficient (Wildman–Crippen LogP) is 5.98. The van der Waals surface area contributed by atoms with Crippen molar-refractivity contribution < 1.29 is 9.47 Å². The first-order chi connectivity index (χ1) is 10.8. The molecule has 0 aliphatic heterocycles. The quantitative estimate of drug-likeness (QED) is 0.598. The highest BCUT2D eigenvalue weighted by molar-refractivity contribution is 4.91. The lowest BCUT2D eigenvalue weighted by atomic mass is 9.60. The minimum atomic E-state index is 0.0472. The molecule has 2 nitrogen and oxygen atoms in total. The smallest absolute Gasteiger partial charge is 0.0627 e. The van der Waals surface area contributed by atoms with E-state index in [1.807, 2.05) is 7.11 Å². The van der Waals surface area contributed by atoms with Gasteiger partial charge in [-0.2, -0.15) is 0 Å². The standard InChI is InChI=1S/C21H40O2/c1-7-20(2,3)23-19-14-10-17(11-15-19)21(4,5)16-8-12-18(22-6)13-9-16/h16-19H,7-15H2,1-6H3. The fraction of sp³-hybridized carbons (Fsp3) is 1.00. The first-order valence-electron chi connectivity index (χ1n) is 9.99. The first kappa shape index (κ1) is 19.2. The Balaban J connectivity index is 1.84. The molecule has 2 aliphatic rings. The molecule has 2 saturated carbocycles. The van der Waals surface area contributed by atoms with E-state index in [4.69, 9.17) is 9.47 Å². The van der Waals surface area contributed by atoms with Crippen LogP contribution in [0.25, 0.3) is 0 Å². The van der Waals surface area contributed by atoms with Crippen molar-refractivity contribution in [2.75, 3.05) is 7.11 Å². The van der Waals surface area contributed by atoms with E-state index in [1.165, 1.54) is 51.4 Å². The van der Waals surface area contributed by atoms with Crippen LogP contribution in [0.2, 0.25) is 0 Å². The number of hydrogen-bond acceptors (Lipinski definition) is 2. The van der Waals surface area contributed by atoms with Gasteiger partial charge < -0.3 is 9.47 Å². The summed E-state index contributed by atoms with van der Waals surface area (Å²) < 4.78 is 11.9. The molecule has 0 unspecified atom stereocenters. The summed E-state index contributed by atoms with van der Waals surface area (Å²) in [6.07, 6.45) is 12.5. The molecule has 0 saturated heterocycles. The van der Waals surface area contributed by atoms with Gasteiger partial charge in [0.25, 0.3) is 0 Å². The van der Waals surface area contributed by atoms with Crippen molar-refractivity contribution in [3.63, 3.8) is 0 Å². The lowest BCUT2D eigenvalue weighted by Crippen LogP contribution is -2.40. The maximum atomic E-state index is 6.35. The molecule has 23 heavy (non-hydrogen) atoms. The molecule has 0 aromatic heterocycles. The second-order valence-corrected chi connectivity index (χ2v) is 9.24. The van der Waals surface area contributed by atoms with E-state index in [9.17, 15) is 0 Å². The lowest BCUT2D eigenvalue weighted by Gasteiger charge is -2.47. The van der Waals surface area contributed by atoms with Gasteiger partial charge in [-0.15, -0.1) is 0 Å². The van der Waals surface area contributed by atoms with Gasteiger partial charge in [-0.05, 0) is 88.9 Å². The van der Waals surface area contributed by atoms with Gasteiger partial charge in [0.15, 0.2) is 0 Å². The van der Waals surface area contributed by atoms with Crippen molar-refractivity contribution in [2.45, 2.75) is 110 Å². The van der Waals surface area contributed by atoms with Gasteiger partial charge in [0.05, 0.1) is 17.8 Å². The summed E-state index contributed by atoms with van der Waals surface area (Å²) in [5.74, 6) is 1.75. The van der Waals surface area contributed by atoms with E-state index in [-0.39, 0.29) is 5.60 Å². The van der Waals surface area contributed by atoms with Gasteiger partial charge in [0, 0.05) is 7.11 Å². The van der Waals surface area contributed by atoms with Crippen molar-refractivity contribution >= 4 is 0 Å². The fourth-order valence-electron chi connectivity index (χ4n) is 4.84. The molecular formula is C21H40O2. The maximum absolute atomic E-state index is 6.35. The molecule has 0 bridgehead atoms. The Morgan fingerprint density at radius 1 is 0.739 bits per heavy atom. The molecule has 0 radical (unpaired) electrons. The second kappa shape index (κ2) is 7.87. The van der Waals surface area contributed by atoms with Crippen LogP contribution in [0, 0.1) is 17.3 Å². The Kier molecular flexibility index (Phi) is 6.58. The monoisotopic (exact) mass is 324 g/mol. The summed E-state index contributed by atoms with van der Waals surface area (Å²) in [6.45, 7) is 11.8. The van der Waals surface area contributed by atoms with E-state index < -0.39 is 0 Å². The van der Waals surface area contributed by atoms with Crippen LogP contribution < -0.4 is 0 Å². The molecule has 0 aromatic carbocycles. The maximum Gasteiger partial charge on any atom is 0.0627 e. The third-order valence-electron chi connectivity index (χ3n) is 7.12. The normalized spacial score (nSPS) is 33.7. The number of ether oxygens (including phenoxy) is 2. The summed E-state index contributed by atoms with van der Waals surface area (Å²) in [5.41, 5.74) is 0.523. The average molecular weight is 325 g/mol. The molecule has 0 heterocycles. The summed E-state index contributed by atoms with van der Waals surface area (Å²) >= 11 is 0. The Morgan fingerprint density at radius 2 is 1.17 bits per heavy atom. The number of methoxy groups -OCH3 is 1. The van der Waals surface area contributed by atoms with E-state index in [1.54, 1.807) is 0 Å². The molecule has 2 rings (SSSR count). The molecular weight excluding hydrogens is 284 g/mol. The van der Waals surface area contributed by atoms with Crippen molar-refractivity contribution in [3.8, 4) is 0 Å². The minimum absolute atomic E-state index is 0.0472. The van der Waals surface area contributed by atoms with E-state index in [0.717, 1.165) is 18.3 Å². The summed E-state index contributed by atoms with van der Waals surface area (Å²) in [6, 6.07) is 0. The fourth-order valence-corrected chi connectivity index (χ4v) is 4.84. The molecule has 0 aromatic rings. The van der Waals surface area contributed by atoms with Gasteiger partial charge in [0.1, 0.15) is 0 Å². The van der Waals surface area contributed by atoms with Crippen LogP contribution >= 0.6 is 0 Å². The Labute approximate surface area is 144 Å². The van der Waals surface area contributed by atoms with Gasteiger partial charge >= 0.3 is 0 Å². The van der Waals surface area contributed by atoms with Crippen molar-refractivity contribution in [1.82, 2.24) is 0 Å². The van der Waals surface area contributed by atoms with Crippen molar-refractivity contribution in [1.29, 1.82) is 0 Å². The topological polar surface area (TPSA) is 18.5 Å². The molecule has 0 amide bonds. The Bertz CT molecular complexity index is 345. The third kappa shape index (κ3) is 4.95. The first-order valence-corrected chi connectivity index (χ1v) is 9.99. The molecule has 2 fully saturated rings. The van der Waals surface area contributed by atoms with Crippen LogP contribution in [0.3, 0.4) is 0 Å². The highest BCUT2D eigenvalue weighted by Crippen LogP contribution is 2.49. The highest BCUT2D eigenvalue weighted by atomic mass is 16.5. The molecule has 0 N–H and O–H groups in total. The summed E-state index contributed by atoms with van der Waals surface area (Å²) in [4.78, 5) is 0. The van der Waals surface area contributed by atoms with Gasteiger partial charge in [-0.25, -0.2) is 0 Å². The lowest BCUT2D eigenvalue weighted by molar-refractivity contribution is -0.1000. The average Bonchev–Trinajstić information content (AvgIpc) is 2.55. The van der Waals surface area contributed by atoms with Crippen LogP contribution in [0.15, 0.2) is 0 Å². The molecule has 0 atom stereocenters. The summed E-state index contributed by atoms with van der Waals surface area (Å²) in [7, 11) is 1.87. The Morgan fingerprint density at radius 3 is 1.57 bits per heavy atom.